The predicted octanol–water partition coefficient (Wildman–Crippen LogP) is 2.17. The molecule has 5 heteroatoms. The van der Waals surface area contributed by atoms with E-state index in [1.54, 1.807) is 0 Å². The standard InChI is InChI=1S/C18H20N4O/c1-21-6-8-22(9-7-21)12-10-14-13-4-2-3-5-16(13)20-17(14)15(11-12)18(19)23/h2-5,10-11,20H,6-9H2,1H3,(H2,19,23). The third-order valence-electron chi connectivity index (χ3n) is 4.73. The van der Waals surface area contributed by atoms with Crippen LogP contribution in [0.1, 0.15) is 10.4 Å². The number of hydrogen-bond donors (Lipinski definition) is 2. The molecule has 4 rings (SSSR count). The van der Waals surface area contributed by atoms with Gasteiger partial charge in [0.25, 0.3) is 5.91 Å². The molecule has 1 amide bonds. The number of carbonyl (C=O) groups excluding carboxylic acids is 1. The van der Waals surface area contributed by atoms with Crippen LogP contribution in [-0.2, 0) is 0 Å². The summed E-state index contributed by atoms with van der Waals surface area (Å²) >= 11 is 0. The van der Waals surface area contributed by atoms with Crippen molar-refractivity contribution in [2.45, 2.75) is 0 Å². The predicted molar refractivity (Wildman–Crippen MR) is 94.0 cm³/mol. The number of nitrogens with two attached hydrogens (primary N) is 1. The van der Waals surface area contributed by atoms with Crippen molar-refractivity contribution < 1.29 is 4.79 Å². The Morgan fingerprint density at radius 2 is 1.83 bits per heavy atom. The molecular weight excluding hydrogens is 288 g/mol. The van der Waals surface area contributed by atoms with Crippen LogP contribution in [0.2, 0.25) is 0 Å². The summed E-state index contributed by atoms with van der Waals surface area (Å²) in [5, 5.41) is 2.19. The molecule has 0 unspecified atom stereocenters. The lowest BCUT2D eigenvalue weighted by molar-refractivity contribution is 0.100. The lowest BCUT2D eigenvalue weighted by Crippen LogP contribution is -2.44. The van der Waals surface area contributed by atoms with Gasteiger partial charge in [-0.05, 0) is 25.2 Å². The second-order valence-corrected chi connectivity index (χ2v) is 6.24. The number of aromatic nitrogens is 1. The Kier molecular flexibility index (Phi) is 3.23. The van der Waals surface area contributed by atoms with E-state index in [2.05, 4.69) is 34.0 Å². The van der Waals surface area contributed by atoms with Crippen LogP contribution in [0, 0.1) is 0 Å². The van der Waals surface area contributed by atoms with E-state index in [1.807, 2.05) is 24.3 Å². The van der Waals surface area contributed by atoms with Gasteiger partial charge in [0.2, 0.25) is 0 Å². The molecule has 3 aromatic rings. The molecule has 0 aliphatic carbocycles. The van der Waals surface area contributed by atoms with Crippen molar-refractivity contribution in [1.29, 1.82) is 0 Å². The Labute approximate surface area is 134 Å². The SMILES string of the molecule is CN1CCN(c2cc(C(N)=O)c3[nH]c4ccccc4c3c2)CC1. The van der Waals surface area contributed by atoms with E-state index >= 15 is 0 Å². The summed E-state index contributed by atoms with van der Waals surface area (Å²) in [6, 6.07) is 12.2. The summed E-state index contributed by atoms with van der Waals surface area (Å²) in [5.74, 6) is -0.391. The highest BCUT2D eigenvalue weighted by molar-refractivity contribution is 6.15. The van der Waals surface area contributed by atoms with Crippen LogP contribution in [0.25, 0.3) is 21.8 Å². The molecule has 1 saturated heterocycles. The van der Waals surface area contributed by atoms with Crippen LogP contribution in [-0.4, -0.2) is 49.0 Å². The maximum absolute atomic E-state index is 12.0. The number of carbonyl (C=O) groups is 1. The van der Waals surface area contributed by atoms with E-state index in [0.29, 0.717) is 5.56 Å². The molecule has 1 aliphatic heterocycles. The summed E-state index contributed by atoms with van der Waals surface area (Å²) in [6.07, 6.45) is 0. The largest absolute Gasteiger partial charge is 0.369 e. The summed E-state index contributed by atoms with van der Waals surface area (Å²) in [5.41, 5.74) is 9.13. The van der Waals surface area contributed by atoms with Gasteiger partial charge in [-0.15, -0.1) is 0 Å². The highest BCUT2D eigenvalue weighted by Gasteiger charge is 2.19. The average molecular weight is 308 g/mol. The van der Waals surface area contributed by atoms with Crippen molar-refractivity contribution in [3.05, 3.63) is 42.0 Å². The minimum Gasteiger partial charge on any atom is -0.369 e. The highest BCUT2D eigenvalue weighted by atomic mass is 16.1. The number of likely N-dealkylation sites (N-methyl/N-ethyl adjacent to an activating group) is 1. The zero-order chi connectivity index (χ0) is 16.0. The number of hydrogen-bond acceptors (Lipinski definition) is 3. The maximum atomic E-state index is 12.0. The van der Waals surface area contributed by atoms with Gasteiger partial charge in [0.05, 0.1) is 11.1 Å². The van der Waals surface area contributed by atoms with Crippen molar-refractivity contribution in [2.75, 3.05) is 38.1 Å². The molecule has 1 fully saturated rings. The van der Waals surface area contributed by atoms with Crippen LogP contribution < -0.4 is 10.6 Å². The first-order chi connectivity index (χ1) is 11.1. The maximum Gasteiger partial charge on any atom is 0.250 e. The van der Waals surface area contributed by atoms with Crippen LogP contribution in [0.15, 0.2) is 36.4 Å². The number of anilines is 1. The van der Waals surface area contributed by atoms with E-state index in [-0.39, 0.29) is 0 Å². The number of amides is 1. The lowest BCUT2D eigenvalue weighted by Gasteiger charge is -2.34. The fourth-order valence-corrected chi connectivity index (χ4v) is 3.38. The number of H-pyrrole nitrogens is 1. The van der Waals surface area contributed by atoms with Crippen molar-refractivity contribution in [1.82, 2.24) is 9.88 Å². The summed E-state index contributed by atoms with van der Waals surface area (Å²) in [6.45, 7) is 3.97. The molecule has 0 radical (unpaired) electrons. The minimum absolute atomic E-state index is 0.391. The molecule has 2 aromatic carbocycles. The van der Waals surface area contributed by atoms with Gasteiger partial charge in [-0.2, -0.15) is 0 Å². The number of para-hydroxylation sites is 1. The van der Waals surface area contributed by atoms with Crippen LogP contribution in [0.3, 0.4) is 0 Å². The topological polar surface area (TPSA) is 65.4 Å². The van der Waals surface area contributed by atoms with Crippen LogP contribution >= 0.6 is 0 Å². The molecule has 0 saturated carbocycles. The first-order valence-corrected chi connectivity index (χ1v) is 7.91. The normalized spacial score (nSPS) is 16.3. The molecule has 1 aliphatic rings. The third kappa shape index (κ3) is 2.33. The van der Waals surface area contributed by atoms with Gasteiger partial charge in [-0.3, -0.25) is 4.79 Å². The molecule has 3 N–H and O–H groups in total. The molecule has 2 heterocycles. The number of piperazine rings is 1. The molecule has 1 aromatic heterocycles. The van der Waals surface area contributed by atoms with Gasteiger partial charge >= 0.3 is 0 Å². The van der Waals surface area contributed by atoms with Crippen LogP contribution in [0.4, 0.5) is 5.69 Å². The Bertz CT molecular complexity index is 891. The average Bonchev–Trinajstić information content (AvgIpc) is 2.93. The van der Waals surface area contributed by atoms with E-state index in [9.17, 15) is 4.79 Å². The van der Waals surface area contributed by atoms with Gasteiger partial charge in [-0.1, -0.05) is 18.2 Å². The van der Waals surface area contributed by atoms with Crippen molar-refractivity contribution in [2.24, 2.45) is 5.73 Å². The van der Waals surface area contributed by atoms with Gasteiger partial charge in [0.1, 0.15) is 0 Å². The number of rotatable bonds is 2. The number of nitrogens with zero attached hydrogens (tertiary/aromatic N) is 2. The Hall–Kier alpha value is -2.53. The molecule has 23 heavy (non-hydrogen) atoms. The van der Waals surface area contributed by atoms with E-state index < -0.39 is 5.91 Å². The molecule has 118 valence electrons. The highest BCUT2D eigenvalue weighted by Crippen LogP contribution is 2.32. The molecule has 0 spiro atoms. The van der Waals surface area contributed by atoms with E-state index in [4.69, 9.17) is 5.73 Å². The number of primary amides is 1. The minimum atomic E-state index is -0.391. The van der Waals surface area contributed by atoms with Crippen molar-refractivity contribution >= 4 is 33.4 Å². The first-order valence-electron chi connectivity index (χ1n) is 7.91. The number of benzene rings is 2. The summed E-state index contributed by atoms with van der Waals surface area (Å²) in [4.78, 5) is 19.9. The number of nitrogens with one attached hydrogen (secondary N) is 1. The van der Waals surface area contributed by atoms with Gasteiger partial charge in [0.15, 0.2) is 0 Å². The lowest BCUT2D eigenvalue weighted by atomic mass is 10.1. The second-order valence-electron chi connectivity index (χ2n) is 6.24. The van der Waals surface area contributed by atoms with Crippen LogP contribution in [0.5, 0.6) is 0 Å². The monoisotopic (exact) mass is 308 g/mol. The third-order valence-corrected chi connectivity index (χ3v) is 4.73. The Morgan fingerprint density at radius 3 is 2.57 bits per heavy atom. The molecule has 5 nitrogen and oxygen atoms in total. The Morgan fingerprint density at radius 1 is 1.09 bits per heavy atom. The Balaban J connectivity index is 1.92. The second kappa shape index (κ2) is 5.28. The van der Waals surface area contributed by atoms with E-state index in [0.717, 1.165) is 53.7 Å². The van der Waals surface area contributed by atoms with E-state index in [1.165, 1.54) is 0 Å². The fraction of sp³-hybridized carbons (Fsp3) is 0.278. The quantitative estimate of drug-likeness (QED) is 0.762. The summed E-state index contributed by atoms with van der Waals surface area (Å²) < 4.78 is 0. The zero-order valence-electron chi connectivity index (χ0n) is 13.2. The number of fused-ring (bicyclic) bond motifs is 3. The smallest absolute Gasteiger partial charge is 0.250 e. The zero-order valence-corrected chi connectivity index (χ0v) is 13.2. The molecule has 0 bridgehead atoms. The molecule has 0 atom stereocenters. The van der Waals surface area contributed by atoms with Gasteiger partial charge < -0.3 is 20.5 Å². The van der Waals surface area contributed by atoms with Gasteiger partial charge in [-0.25, -0.2) is 0 Å². The van der Waals surface area contributed by atoms with Gasteiger partial charge in [0, 0.05) is 48.2 Å². The van der Waals surface area contributed by atoms with Crippen molar-refractivity contribution in [3.8, 4) is 0 Å². The summed E-state index contributed by atoms with van der Waals surface area (Å²) in [7, 11) is 2.13. The first kappa shape index (κ1) is 14.1. The van der Waals surface area contributed by atoms with Crippen molar-refractivity contribution in [3.63, 3.8) is 0 Å². The fourth-order valence-electron chi connectivity index (χ4n) is 3.38. The number of aromatic amines is 1. The molecular formula is C18H20N4O.